The molecule has 8 heteroatoms. The molecule has 29 heavy (non-hydrogen) atoms. The van der Waals surface area contributed by atoms with E-state index in [-0.39, 0.29) is 12.1 Å². The molecule has 1 saturated heterocycles. The van der Waals surface area contributed by atoms with Crippen LogP contribution in [0.3, 0.4) is 0 Å². The predicted octanol–water partition coefficient (Wildman–Crippen LogP) is 4.14. The zero-order chi connectivity index (χ0) is 20.4. The van der Waals surface area contributed by atoms with Gasteiger partial charge in [0.2, 0.25) is 0 Å². The van der Waals surface area contributed by atoms with E-state index in [4.69, 9.17) is 9.29 Å². The number of nitrogens with zero attached hydrogens (tertiary/aromatic N) is 2. The van der Waals surface area contributed by atoms with Gasteiger partial charge in [0.05, 0.1) is 22.5 Å². The highest BCUT2D eigenvalue weighted by Gasteiger charge is 2.30. The van der Waals surface area contributed by atoms with E-state index in [2.05, 4.69) is 26.7 Å². The smallest absolute Gasteiger partial charge is 0.139 e. The Hall–Kier alpha value is -1.68. The van der Waals surface area contributed by atoms with Crippen LogP contribution in [0.15, 0.2) is 52.9 Å². The van der Waals surface area contributed by atoms with Crippen LogP contribution in [0.1, 0.15) is 25.8 Å². The summed E-state index contributed by atoms with van der Waals surface area (Å²) in [6, 6.07) is 12.2. The summed E-state index contributed by atoms with van der Waals surface area (Å²) in [6.45, 7) is 6.66. The van der Waals surface area contributed by atoms with Gasteiger partial charge >= 0.3 is 0 Å². The summed E-state index contributed by atoms with van der Waals surface area (Å²) < 4.78 is 29.2. The van der Waals surface area contributed by atoms with Crippen molar-refractivity contribution in [1.82, 2.24) is 14.6 Å². The summed E-state index contributed by atoms with van der Waals surface area (Å²) in [7, 11) is -2.83. The van der Waals surface area contributed by atoms with Crippen LogP contribution in [-0.4, -0.2) is 44.2 Å². The third kappa shape index (κ3) is 5.09. The number of nitrogens with one attached hydrogen (secondary N) is 1. The Kier molecular flexibility index (Phi) is 6.10. The molecule has 0 amide bonds. The van der Waals surface area contributed by atoms with Crippen LogP contribution in [-0.2, 0) is 6.54 Å². The number of likely N-dealkylation sites (tertiary alicyclic amines) is 1. The van der Waals surface area contributed by atoms with E-state index in [1.54, 1.807) is 17.5 Å². The van der Waals surface area contributed by atoms with Crippen molar-refractivity contribution in [2.45, 2.75) is 43.9 Å². The van der Waals surface area contributed by atoms with E-state index < -0.39 is 10.8 Å². The summed E-state index contributed by atoms with van der Waals surface area (Å²) in [5.74, 6) is 0.893. The molecule has 0 saturated carbocycles. The van der Waals surface area contributed by atoms with Gasteiger partial charge in [-0.3, -0.25) is 9.88 Å². The van der Waals surface area contributed by atoms with E-state index in [1.165, 1.54) is 5.56 Å². The molecular formula is C21H28N3O3S2+. The molecule has 156 valence electrons. The molecule has 0 aliphatic carbocycles. The fraction of sp³-hybridized carbons (Fsp3) is 0.381. The minimum Gasteiger partial charge on any atom is -0.491 e. The number of pyridine rings is 1. The van der Waals surface area contributed by atoms with Crippen molar-refractivity contribution in [1.29, 1.82) is 0 Å². The van der Waals surface area contributed by atoms with E-state index in [9.17, 15) is 4.55 Å². The monoisotopic (exact) mass is 434 g/mol. The molecule has 1 unspecified atom stereocenters. The molecule has 1 aromatic carbocycles. The minimum atomic E-state index is -2.83. The van der Waals surface area contributed by atoms with Crippen molar-refractivity contribution >= 4 is 32.3 Å². The highest BCUT2D eigenvalue weighted by molar-refractivity contribution is 8.22. The Morgan fingerprint density at radius 2 is 2.14 bits per heavy atom. The highest BCUT2D eigenvalue weighted by Crippen LogP contribution is 2.46. The maximum atomic E-state index is 10.8. The molecule has 0 spiro atoms. The third-order valence-electron chi connectivity index (χ3n) is 4.93. The summed E-state index contributed by atoms with van der Waals surface area (Å²) in [6.07, 6.45) is 2.71. The quantitative estimate of drug-likeness (QED) is 0.546. The minimum absolute atomic E-state index is 0.0927. The van der Waals surface area contributed by atoms with Gasteiger partial charge in [0.25, 0.3) is 0 Å². The molecular weight excluding hydrogens is 406 g/mol. The van der Waals surface area contributed by atoms with Crippen LogP contribution >= 0.6 is 22.1 Å². The van der Waals surface area contributed by atoms with E-state index in [1.807, 2.05) is 43.5 Å². The standard InChI is InChI=1S/C21H27N3O3S2/c1-15(2)27-18-5-3-16(4-6-18)13-24-9-7-17(14-24)23-29(25,26)19-11-21-20(22-12-19)8-10-28-21/h3-6,8,10-12,15,17,23,25-26H,7,9,13-14H2,1-2H3/p+1/t17-/m1/s1. The summed E-state index contributed by atoms with van der Waals surface area (Å²) in [4.78, 5) is 7.28. The van der Waals surface area contributed by atoms with Crippen LogP contribution in [0, 0.1) is 0 Å². The molecule has 1 aliphatic rings. The van der Waals surface area contributed by atoms with Gasteiger partial charge in [-0.05, 0) is 66.3 Å². The van der Waals surface area contributed by atoms with Crippen molar-refractivity contribution in [3.63, 3.8) is 0 Å². The zero-order valence-corrected chi connectivity index (χ0v) is 18.3. The Labute approximate surface area is 177 Å². The lowest BCUT2D eigenvalue weighted by Gasteiger charge is -2.31. The van der Waals surface area contributed by atoms with E-state index in [0.717, 1.165) is 42.0 Å². The van der Waals surface area contributed by atoms with E-state index >= 15 is 0 Å². The SMILES string of the molecule is CC(C)Oc1ccc(CN2CC[C@@H](NS(O)([OH2+])c3cnc4ccsc4c3)C2)cc1. The first-order valence-corrected chi connectivity index (χ1v) is 12.2. The molecule has 4 N–H and O–H groups in total. The first kappa shape index (κ1) is 20.6. The van der Waals surface area contributed by atoms with Crippen LogP contribution in [0.5, 0.6) is 5.75 Å². The number of aromatic nitrogens is 1. The van der Waals surface area contributed by atoms with Gasteiger partial charge in [-0.25, -0.2) is 4.55 Å². The molecule has 2 atom stereocenters. The summed E-state index contributed by atoms with van der Waals surface area (Å²) in [5.41, 5.74) is 2.15. The van der Waals surface area contributed by atoms with Crippen molar-refractivity contribution in [3.8, 4) is 5.75 Å². The molecule has 3 heterocycles. The van der Waals surface area contributed by atoms with Gasteiger partial charge in [-0.2, -0.15) is 4.72 Å². The molecule has 1 aliphatic heterocycles. The first-order chi connectivity index (χ1) is 13.9. The van der Waals surface area contributed by atoms with Crippen molar-refractivity contribution in [2.24, 2.45) is 0 Å². The van der Waals surface area contributed by atoms with Gasteiger partial charge in [-0.1, -0.05) is 12.1 Å². The Balaban J connectivity index is 1.34. The van der Waals surface area contributed by atoms with Gasteiger partial charge in [0.15, 0.2) is 0 Å². The maximum absolute atomic E-state index is 10.8. The van der Waals surface area contributed by atoms with Crippen molar-refractivity contribution in [2.75, 3.05) is 13.1 Å². The average Bonchev–Trinajstić information content (AvgIpc) is 3.31. The lowest BCUT2D eigenvalue weighted by Crippen LogP contribution is -2.34. The second kappa shape index (κ2) is 8.59. The lowest BCUT2D eigenvalue weighted by atomic mass is 10.2. The molecule has 2 aromatic heterocycles. The number of thiophene rings is 1. The molecule has 3 aromatic rings. The van der Waals surface area contributed by atoms with Gasteiger partial charge < -0.3 is 9.29 Å². The van der Waals surface area contributed by atoms with E-state index in [0.29, 0.717) is 4.90 Å². The number of fused-ring (bicyclic) bond motifs is 1. The topological polar surface area (TPSA) is 80.5 Å². The number of benzene rings is 1. The van der Waals surface area contributed by atoms with Crippen molar-refractivity contribution < 1.29 is 13.8 Å². The maximum Gasteiger partial charge on any atom is 0.139 e. The fourth-order valence-corrected chi connectivity index (χ4v) is 5.73. The zero-order valence-electron chi connectivity index (χ0n) is 16.7. The Morgan fingerprint density at radius 3 is 2.90 bits per heavy atom. The molecule has 1 fully saturated rings. The number of ether oxygens (including phenoxy) is 1. The summed E-state index contributed by atoms with van der Waals surface area (Å²) in [5, 5.41) is 1.98. The molecule has 0 bridgehead atoms. The van der Waals surface area contributed by atoms with Crippen LogP contribution < -0.4 is 9.46 Å². The molecule has 6 nitrogen and oxygen atoms in total. The average molecular weight is 435 g/mol. The highest BCUT2D eigenvalue weighted by atomic mass is 32.3. The Morgan fingerprint density at radius 1 is 1.34 bits per heavy atom. The van der Waals surface area contributed by atoms with Crippen LogP contribution in [0.2, 0.25) is 0 Å². The second-order valence-corrected chi connectivity index (χ2v) is 10.5. The number of hydrogen-bond donors (Lipinski definition) is 2. The third-order valence-corrected chi connectivity index (χ3v) is 7.36. The van der Waals surface area contributed by atoms with Crippen molar-refractivity contribution in [3.05, 3.63) is 53.5 Å². The van der Waals surface area contributed by atoms with Gasteiger partial charge in [0, 0.05) is 25.7 Å². The largest absolute Gasteiger partial charge is 0.491 e. The lowest BCUT2D eigenvalue weighted by molar-refractivity contribution is 0.242. The number of rotatable bonds is 7. The van der Waals surface area contributed by atoms with Crippen LogP contribution in [0.25, 0.3) is 10.2 Å². The fourth-order valence-electron chi connectivity index (χ4n) is 3.58. The molecule has 4 rings (SSSR count). The number of hydrogen-bond acceptors (Lipinski definition) is 6. The van der Waals surface area contributed by atoms with Gasteiger partial charge in [-0.15, -0.1) is 11.3 Å². The second-order valence-electron chi connectivity index (χ2n) is 7.70. The first-order valence-electron chi connectivity index (χ1n) is 9.78. The predicted molar refractivity (Wildman–Crippen MR) is 121 cm³/mol. The Bertz CT molecular complexity index is 959. The summed E-state index contributed by atoms with van der Waals surface area (Å²) >= 11 is 1.58. The molecule has 0 radical (unpaired) electrons. The van der Waals surface area contributed by atoms with Crippen LogP contribution in [0.4, 0.5) is 0 Å². The normalized spacial score (nSPS) is 20.8. The van der Waals surface area contributed by atoms with Gasteiger partial charge in [0.1, 0.15) is 10.6 Å².